The molecular weight excluding hydrogens is 391 g/mol. The smallest absolute Gasteiger partial charge is 0.234 e. The minimum Gasteiger partial charge on any atom is -0.285 e. The minimum atomic E-state index is -0.497. The standard InChI is InChI=1S/C24H12Cl2O2/c25-14-7-5-13(6-8-14)19-12-21-16-3-1-2-4-18(16)23(27)24(28)22(21)20-11-15(26)9-10-17(19)20/h1-12H. The maximum atomic E-state index is 13.0. The summed E-state index contributed by atoms with van der Waals surface area (Å²) in [6.45, 7) is 0. The number of benzene rings is 4. The second-order valence-corrected chi connectivity index (χ2v) is 7.62. The summed E-state index contributed by atoms with van der Waals surface area (Å²) in [6, 6.07) is 22.2. The molecular formula is C24H12Cl2O2. The molecule has 0 unspecified atom stereocenters. The SMILES string of the molecule is O=C1C(=O)c2c(cc(-c3ccc(Cl)cc3)c3ccc(Cl)cc23)-c2ccccc21. The van der Waals surface area contributed by atoms with Gasteiger partial charge in [0.15, 0.2) is 0 Å². The molecule has 0 N–H and O–H groups in total. The van der Waals surface area contributed by atoms with E-state index < -0.39 is 11.6 Å². The minimum absolute atomic E-state index is 0.416. The Labute approximate surface area is 171 Å². The highest BCUT2D eigenvalue weighted by molar-refractivity contribution is 6.55. The first kappa shape index (κ1) is 17.2. The van der Waals surface area contributed by atoms with Crippen LogP contribution in [0.3, 0.4) is 0 Å². The largest absolute Gasteiger partial charge is 0.285 e. The van der Waals surface area contributed by atoms with E-state index >= 15 is 0 Å². The van der Waals surface area contributed by atoms with Gasteiger partial charge in [-0.3, -0.25) is 9.59 Å². The van der Waals surface area contributed by atoms with Crippen LogP contribution in [0.25, 0.3) is 33.0 Å². The third-order valence-electron chi connectivity index (χ3n) is 5.15. The van der Waals surface area contributed by atoms with E-state index in [0.29, 0.717) is 26.6 Å². The summed E-state index contributed by atoms with van der Waals surface area (Å²) < 4.78 is 0. The van der Waals surface area contributed by atoms with Crippen LogP contribution in [-0.2, 0) is 0 Å². The first-order chi connectivity index (χ1) is 13.5. The van der Waals surface area contributed by atoms with Gasteiger partial charge < -0.3 is 0 Å². The molecule has 4 aromatic rings. The van der Waals surface area contributed by atoms with E-state index in [9.17, 15) is 9.59 Å². The highest BCUT2D eigenvalue weighted by Crippen LogP contribution is 2.42. The van der Waals surface area contributed by atoms with Crippen LogP contribution in [0.15, 0.2) is 72.8 Å². The number of rotatable bonds is 1. The molecule has 0 atom stereocenters. The van der Waals surface area contributed by atoms with Crippen molar-refractivity contribution < 1.29 is 9.59 Å². The molecule has 0 bridgehead atoms. The molecule has 4 aromatic carbocycles. The van der Waals surface area contributed by atoms with Gasteiger partial charge in [0.2, 0.25) is 11.6 Å². The number of Topliss-reactive ketones (excluding diaryl/α,β-unsaturated/α-hetero) is 2. The van der Waals surface area contributed by atoms with Gasteiger partial charge in [-0.2, -0.15) is 0 Å². The zero-order valence-corrected chi connectivity index (χ0v) is 16.0. The van der Waals surface area contributed by atoms with Crippen LogP contribution >= 0.6 is 23.2 Å². The van der Waals surface area contributed by atoms with E-state index in [1.807, 2.05) is 48.5 Å². The van der Waals surface area contributed by atoms with Gasteiger partial charge in [0.1, 0.15) is 0 Å². The third-order valence-corrected chi connectivity index (χ3v) is 5.64. The Morgan fingerprint density at radius 2 is 1.21 bits per heavy atom. The summed E-state index contributed by atoms with van der Waals surface area (Å²) in [5, 5.41) is 2.72. The Balaban J connectivity index is 1.95. The van der Waals surface area contributed by atoms with Gasteiger partial charge in [-0.1, -0.05) is 65.7 Å². The molecule has 0 aliphatic heterocycles. The van der Waals surface area contributed by atoms with Crippen LogP contribution < -0.4 is 0 Å². The zero-order valence-electron chi connectivity index (χ0n) is 14.5. The predicted molar refractivity (Wildman–Crippen MR) is 114 cm³/mol. The molecule has 1 aliphatic carbocycles. The lowest BCUT2D eigenvalue weighted by atomic mass is 9.79. The van der Waals surface area contributed by atoms with Crippen molar-refractivity contribution in [1.29, 1.82) is 0 Å². The average molecular weight is 403 g/mol. The molecule has 0 saturated heterocycles. The van der Waals surface area contributed by atoms with Crippen LogP contribution in [0.5, 0.6) is 0 Å². The number of carbonyl (C=O) groups excluding carboxylic acids is 2. The Morgan fingerprint density at radius 1 is 0.536 bits per heavy atom. The number of hydrogen-bond donors (Lipinski definition) is 0. The molecule has 0 fully saturated rings. The normalized spacial score (nSPS) is 12.8. The summed E-state index contributed by atoms with van der Waals surface area (Å²) in [5.41, 5.74) is 4.29. The van der Waals surface area contributed by atoms with Crippen molar-refractivity contribution in [3.63, 3.8) is 0 Å². The highest BCUT2D eigenvalue weighted by atomic mass is 35.5. The molecule has 134 valence electrons. The highest BCUT2D eigenvalue weighted by Gasteiger charge is 2.32. The van der Waals surface area contributed by atoms with Crippen molar-refractivity contribution >= 4 is 45.5 Å². The fourth-order valence-electron chi connectivity index (χ4n) is 3.87. The Bertz CT molecular complexity index is 1300. The van der Waals surface area contributed by atoms with Crippen molar-refractivity contribution in [1.82, 2.24) is 0 Å². The molecule has 0 saturated carbocycles. The summed E-state index contributed by atoms with van der Waals surface area (Å²) in [6.07, 6.45) is 0. The Morgan fingerprint density at radius 3 is 1.96 bits per heavy atom. The van der Waals surface area contributed by atoms with Gasteiger partial charge in [0.25, 0.3) is 0 Å². The fraction of sp³-hybridized carbons (Fsp3) is 0. The van der Waals surface area contributed by atoms with Gasteiger partial charge in [-0.25, -0.2) is 0 Å². The van der Waals surface area contributed by atoms with Gasteiger partial charge in [-0.15, -0.1) is 0 Å². The Hall–Kier alpha value is -2.94. The van der Waals surface area contributed by atoms with Gasteiger partial charge in [0.05, 0.1) is 0 Å². The second-order valence-electron chi connectivity index (χ2n) is 6.75. The monoisotopic (exact) mass is 402 g/mol. The van der Waals surface area contributed by atoms with Crippen LogP contribution in [0.4, 0.5) is 0 Å². The van der Waals surface area contributed by atoms with Crippen molar-refractivity contribution in [3.05, 3.63) is 94.0 Å². The van der Waals surface area contributed by atoms with Crippen LogP contribution in [0, 0.1) is 0 Å². The molecule has 0 radical (unpaired) electrons. The number of halogens is 2. The Kier molecular flexibility index (Phi) is 3.87. The van der Waals surface area contributed by atoms with E-state index in [1.54, 1.807) is 24.3 Å². The van der Waals surface area contributed by atoms with Crippen LogP contribution in [-0.4, -0.2) is 11.6 Å². The van der Waals surface area contributed by atoms with E-state index in [0.717, 1.165) is 27.6 Å². The molecule has 0 aromatic heterocycles. The summed E-state index contributed by atoms with van der Waals surface area (Å²) >= 11 is 12.3. The van der Waals surface area contributed by atoms with E-state index in [-0.39, 0.29) is 0 Å². The third kappa shape index (κ3) is 2.50. The molecule has 28 heavy (non-hydrogen) atoms. The lowest BCUT2D eigenvalue weighted by molar-refractivity contribution is 0.0816. The molecule has 0 amide bonds. The predicted octanol–water partition coefficient (Wildman–Crippen LogP) is 6.86. The topological polar surface area (TPSA) is 34.1 Å². The molecule has 4 heteroatoms. The first-order valence-corrected chi connectivity index (χ1v) is 9.51. The van der Waals surface area contributed by atoms with Crippen molar-refractivity contribution in [3.8, 4) is 22.3 Å². The lowest BCUT2D eigenvalue weighted by Crippen LogP contribution is -2.21. The molecule has 1 aliphatic rings. The van der Waals surface area contributed by atoms with E-state index in [1.165, 1.54) is 0 Å². The number of fused-ring (bicyclic) bond motifs is 5. The number of carbonyl (C=O) groups is 2. The summed E-state index contributed by atoms with van der Waals surface area (Å²) in [4.78, 5) is 25.7. The number of hydrogen-bond acceptors (Lipinski definition) is 2. The molecule has 2 nitrogen and oxygen atoms in total. The van der Waals surface area contributed by atoms with Gasteiger partial charge >= 0.3 is 0 Å². The average Bonchev–Trinajstić information content (AvgIpc) is 2.71. The second kappa shape index (κ2) is 6.30. The van der Waals surface area contributed by atoms with Crippen molar-refractivity contribution in [2.24, 2.45) is 0 Å². The van der Waals surface area contributed by atoms with E-state index in [2.05, 4.69) is 0 Å². The van der Waals surface area contributed by atoms with Crippen LogP contribution in [0.2, 0.25) is 10.0 Å². The van der Waals surface area contributed by atoms with Crippen LogP contribution in [0.1, 0.15) is 20.7 Å². The van der Waals surface area contributed by atoms with Crippen molar-refractivity contribution in [2.75, 3.05) is 0 Å². The first-order valence-electron chi connectivity index (χ1n) is 8.75. The molecule has 0 heterocycles. The fourth-order valence-corrected chi connectivity index (χ4v) is 4.17. The molecule has 5 rings (SSSR count). The lowest BCUT2D eigenvalue weighted by Gasteiger charge is -2.22. The maximum Gasteiger partial charge on any atom is 0.234 e. The van der Waals surface area contributed by atoms with Gasteiger partial charge in [-0.05, 0) is 63.4 Å². The van der Waals surface area contributed by atoms with Crippen molar-refractivity contribution in [2.45, 2.75) is 0 Å². The maximum absolute atomic E-state index is 13.0. The van der Waals surface area contributed by atoms with Gasteiger partial charge in [0, 0.05) is 21.2 Å². The quantitative estimate of drug-likeness (QED) is 0.326. The van der Waals surface area contributed by atoms with E-state index in [4.69, 9.17) is 23.2 Å². The molecule has 0 spiro atoms. The number of ketones is 2. The summed E-state index contributed by atoms with van der Waals surface area (Å²) in [5.74, 6) is -0.979. The summed E-state index contributed by atoms with van der Waals surface area (Å²) in [7, 11) is 0. The zero-order chi connectivity index (χ0) is 19.4.